The summed E-state index contributed by atoms with van der Waals surface area (Å²) in [5, 5.41) is 4.04. The van der Waals surface area contributed by atoms with Crippen LogP contribution in [0.15, 0.2) is 47.0 Å². The monoisotopic (exact) mass is 350 g/mol. The first-order valence-corrected chi connectivity index (χ1v) is 8.68. The summed E-state index contributed by atoms with van der Waals surface area (Å²) in [4.78, 5) is 4.42. The van der Waals surface area contributed by atoms with Gasteiger partial charge in [-0.05, 0) is 50.6 Å². The fourth-order valence-corrected chi connectivity index (χ4v) is 2.54. The molecule has 0 N–H and O–H groups in total. The molecule has 3 aromatic rings. The van der Waals surface area contributed by atoms with Crippen LogP contribution < -0.4 is 9.47 Å². The zero-order chi connectivity index (χ0) is 18.4. The van der Waals surface area contributed by atoms with Gasteiger partial charge >= 0.3 is 0 Å². The Balaban J connectivity index is 1.79. The van der Waals surface area contributed by atoms with Gasteiger partial charge in [0.25, 0.3) is 5.89 Å². The second-order valence-corrected chi connectivity index (χ2v) is 5.73. The first-order chi connectivity index (χ1) is 12.7. The van der Waals surface area contributed by atoms with Crippen molar-refractivity contribution in [2.45, 2.75) is 20.8 Å². The average Bonchev–Trinajstić information content (AvgIpc) is 3.11. The van der Waals surface area contributed by atoms with E-state index in [1.54, 1.807) is 6.08 Å². The van der Waals surface area contributed by atoms with Gasteiger partial charge in [-0.3, -0.25) is 0 Å². The fraction of sp³-hybridized carbons (Fsp3) is 0.238. The molecule has 2 aromatic carbocycles. The highest BCUT2D eigenvalue weighted by molar-refractivity contribution is 5.68. The van der Waals surface area contributed by atoms with Gasteiger partial charge in [0, 0.05) is 11.6 Å². The Morgan fingerprint density at radius 1 is 0.962 bits per heavy atom. The molecule has 0 radical (unpaired) electrons. The number of hydrogen-bond donors (Lipinski definition) is 0. The minimum Gasteiger partial charge on any atom is -0.490 e. The lowest BCUT2D eigenvalue weighted by Crippen LogP contribution is -1.98. The Kier molecular flexibility index (Phi) is 5.69. The molecule has 0 amide bonds. The highest BCUT2D eigenvalue weighted by Gasteiger charge is 2.07. The third kappa shape index (κ3) is 4.30. The second-order valence-electron chi connectivity index (χ2n) is 5.73. The third-order valence-electron chi connectivity index (χ3n) is 3.70. The van der Waals surface area contributed by atoms with Crippen LogP contribution in [-0.4, -0.2) is 23.4 Å². The van der Waals surface area contributed by atoms with Crippen molar-refractivity contribution in [1.29, 1.82) is 0 Å². The predicted molar refractivity (Wildman–Crippen MR) is 102 cm³/mol. The smallest absolute Gasteiger partial charge is 0.250 e. The van der Waals surface area contributed by atoms with Crippen LogP contribution in [0.5, 0.6) is 11.5 Å². The maximum Gasteiger partial charge on any atom is 0.250 e. The summed E-state index contributed by atoms with van der Waals surface area (Å²) in [6, 6.07) is 13.8. The number of rotatable bonds is 7. The Morgan fingerprint density at radius 2 is 1.77 bits per heavy atom. The molecule has 134 valence electrons. The molecule has 5 heteroatoms. The lowest BCUT2D eigenvalue weighted by molar-refractivity contribution is 0.287. The summed E-state index contributed by atoms with van der Waals surface area (Å²) in [6.07, 6.45) is 3.70. The quantitative estimate of drug-likeness (QED) is 0.599. The third-order valence-corrected chi connectivity index (χ3v) is 3.70. The van der Waals surface area contributed by atoms with Gasteiger partial charge in [0.15, 0.2) is 11.5 Å². The van der Waals surface area contributed by atoms with E-state index in [0.717, 1.165) is 28.2 Å². The molecule has 3 rings (SSSR count). The fourth-order valence-electron chi connectivity index (χ4n) is 2.54. The van der Waals surface area contributed by atoms with Crippen molar-refractivity contribution in [3.63, 3.8) is 0 Å². The number of aryl methyl sites for hydroxylation is 1. The van der Waals surface area contributed by atoms with E-state index in [9.17, 15) is 0 Å². The molecule has 0 bridgehead atoms. The summed E-state index contributed by atoms with van der Waals surface area (Å²) in [5.74, 6) is 2.50. The van der Waals surface area contributed by atoms with E-state index in [4.69, 9.17) is 14.0 Å². The minimum atomic E-state index is 0.452. The Morgan fingerprint density at radius 3 is 2.54 bits per heavy atom. The highest BCUT2D eigenvalue weighted by atomic mass is 16.5. The van der Waals surface area contributed by atoms with Crippen LogP contribution in [0.3, 0.4) is 0 Å². The van der Waals surface area contributed by atoms with E-state index in [1.165, 1.54) is 0 Å². The van der Waals surface area contributed by atoms with Crippen molar-refractivity contribution < 1.29 is 14.0 Å². The topological polar surface area (TPSA) is 57.4 Å². The van der Waals surface area contributed by atoms with Gasteiger partial charge in [0.05, 0.1) is 13.2 Å². The molecule has 0 fully saturated rings. The lowest BCUT2D eigenvalue weighted by Gasteiger charge is -2.11. The van der Waals surface area contributed by atoms with Gasteiger partial charge in [0.2, 0.25) is 5.82 Å². The molecule has 1 aromatic heterocycles. The van der Waals surface area contributed by atoms with Gasteiger partial charge in [-0.15, -0.1) is 0 Å². The summed E-state index contributed by atoms with van der Waals surface area (Å²) in [7, 11) is 0. The Bertz CT molecular complexity index is 900. The summed E-state index contributed by atoms with van der Waals surface area (Å²) < 4.78 is 16.5. The number of aromatic nitrogens is 2. The lowest BCUT2D eigenvalue weighted by atomic mass is 10.1. The summed E-state index contributed by atoms with van der Waals surface area (Å²) >= 11 is 0. The SMILES string of the molecule is CCOc1ccc(C=Cc2nc(-c3cccc(C)c3)no2)cc1OCC. The van der Waals surface area contributed by atoms with Crippen LogP contribution in [0.1, 0.15) is 30.9 Å². The summed E-state index contributed by atoms with van der Waals surface area (Å²) in [5.41, 5.74) is 3.06. The Hall–Kier alpha value is -3.08. The number of hydrogen-bond acceptors (Lipinski definition) is 5. The molecule has 0 aliphatic rings. The number of nitrogens with zero attached hydrogens (tertiary/aromatic N) is 2. The molecular weight excluding hydrogens is 328 g/mol. The van der Waals surface area contributed by atoms with E-state index in [0.29, 0.717) is 24.9 Å². The molecule has 0 aliphatic carbocycles. The van der Waals surface area contributed by atoms with E-state index < -0.39 is 0 Å². The molecule has 0 saturated carbocycles. The van der Waals surface area contributed by atoms with Crippen LogP contribution in [0, 0.1) is 6.92 Å². The van der Waals surface area contributed by atoms with Crippen molar-refractivity contribution in [3.8, 4) is 22.9 Å². The largest absolute Gasteiger partial charge is 0.490 e. The van der Waals surface area contributed by atoms with Gasteiger partial charge in [-0.25, -0.2) is 0 Å². The molecule has 1 heterocycles. The normalized spacial score (nSPS) is 11.0. The van der Waals surface area contributed by atoms with Crippen molar-refractivity contribution >= 4 is 12.2 Å². The highest BCUT2D eigenvalue weighted by Crippen LogP contribution is 2.29. The maximum absolute atomic E-state index is 5.65. The zero-order valence-corrected chi connectivity index (χ0v) is 15.2. The van der Waals surface area contributed by atoms with E-state index in [2.05, 4.69) is 10.1 Å². The Labute approximate surface area is 153 Å². The molecule has 5 nitrogen and oxygen atoms in total. The molecule has 0 unspecified atom stereocenters. The van der Waals surface area contributed by atoms with Gasteiger partial charge in [-0.2, -0.15) is 4.98 Å². The van der Waals surface area contributed by atoms with Crippen molar-refractivity contribution in [2.75, 3.05) is 13.2 Å². The van der Waals surface area contributed by atoms with Crippen LogP contribution in [0.2, 0.25) is 0 Å². The van der Waals surface area contributed by atoms with Crippen LogP contribution >= 0.6 is 0 Å². The first-order valence-electron chi connectivity index (χ1n) is 8.68. The maximum atomic E-state index is 5.65. The molecule has 0 saturated heterocycles. The standard InChI is InChI=1S/C21H22N2O3/c1-4-24-18-11-9-16(14-19(18)25-5-2)10-12-20-22-21(23-26-20)17-8-6-7-15(3)13-17/h6-14H,4-5H2,1-3H3. The minimum absolute atomic E-state index is 0.452. The summed E-state index contributed by atoms with van der Waals surface area (Å²) in [6.45, 7) is 7.11. The average molecular weight is 350 g/mol. The van der Waals surface area contributed by atoms with E-state index >= 15 is 0 Å². The van der Waals surface area contributed by atoms with Crippen molar-refractivity contribution in [3.05, 3.63) is 59.5 Å². The van der Waals surface area contributed by atoms with E-state index in [1.807, 2.05) is 69.3 Å². The molecular formula is C21H22N2O3. The second kappa shape index (κ2) is 8.34. The molecule has 0 spiro atoms. The zero-order valence-electron chi connectivity index (χ0n) is 15.2. The van der Waals surface area contributed by atoms with Gasteiger partial charge in [-0.1, -0.05) is 35.0 Å². The van der Waals surface area contributed by atoms with Crippen molar-refractivity contribution in [1.82, 2.24) is 10.1 Å². The molecule has 0 aliphatic heterocycles. The molecule has 26 heavy (non-hydrogen) atoms. The number of ether oxygens (including phenoxy) is 2. The van der Waals surface area contributed by atoms with Crippen molar-refractivity contribution in [2.24, 2.45) is 0 Å². The number of benzene rings is 2. The van der Waals surface area contributed by atoms with E-state index in [-0.39, 0.29) is 0 Å². The van der Waals surface area contributed by atoms with Gasteiger partial charge < -0.3 is 14.0 Å². The first kappa shape index (κ1) is 17.7. The van der Waals surface area contributed by atoms with Crippen LogP contribution in [-0.2, 0) is 0 Å². The van der Waals surface area contributed by atoms with Crippen LogP contribution in [0.4, 0.5) is 0 Å². The van der Waals surface area contributed by atoms with Crippen LogP contribution in [0.25, 0.3) is 23.5 Å². The van der Waals surface area contributed by atoms with Gasteiger partial charge in [0.1, 0.15) is 0 Å². The molecule has 0 atom stereocenters. The predicted octanol–water partition coefficient (Wildman–Crippen LogP) is 5.01.